The van der Waals surface area contributed by atoms with Gasteiger partial charge in [0.2, 0.25) is 0 Å². The van der Waals surface area contributed by atoms with E-state index in [9.17, 15) is 19.8 Å². The maximum Gasteiger partial charge on any atom is 0.301 e. The lowest BCUT2D eigenvalue weighted by Gasteiger charge is -2.23. The minimum atomic E-state index is -0.995. The van der Waals surface area contributed by atoms with E-state index in [0.29, 0.717) is 29.3 Å². The molecule has 2 atom stereocenters. The maximum atomic E-state index is 13.7. The molecule has 4 aromatic rings. The van der Waals surface area contributed by atoms with Gasteiger partial charge < -0.3 is 19.7 Å². The Labute approximate surface area is 235 Å². The van der Waals surface area contributed by atoms with Crippen LogP contribution in [0.2, 0.25) is 0 Å². The number of rotatable bonds is 5. The molecule has 2 aliphatic rings. The third kappa shape index (κ3) is 4.17. The number of thiazole rings is 1. The Morgan fingerprint density at radius 2 is 1.95 bits per heavy atom. The number of aliphatic hydroxyl groups excluding tert-OH is 1. The van der Waals surface area contributed by atoms with Crippen molar-refractivity contribution in [3.8, 4) is 17.2 Å². The van der Waals surface area contributed by atoms with Gasteiger partial charge in [-0.3, -0.25) is 14.5 Å². The summed E-state index contributed by atoms with van der Waals surface area (Å²) in [4.78, 5) is 33.4. The number of aromatic nitrogens is 1. The van der Waals surface area contributed by atoms with Crippen molar-refractivity contribution in [2.24, 2.45) is 0 Å². The maximum absolute atomic E-state index is 13.7. The van der Waals surface area contributed by atoms with Crippen molar-refractivity contribution < 1.29 is 29.3 Å². The zero-order valence-electron chi connectivity index (χ0n) is 22.5. The molecule has 1 fully saturated rings. The van der Waals surface area contributed by atoms with Crippen LogP contribution in [0.25, 0.3) is 16.0 Å². The first kappa shape index (κ1) is 25.9. The fourth-order valence-corrected chi connectivity index (χ4v) is 6.67. The topological polar surface area (TPSA) is 109 Å². The molecular formula is C31H28N2O6S. The third-order valence-electron chi connectivity index (χ3n) is 7.24. The minimum Gasteiger partial charge on any atom is -0.507 e. The summed E-state index contributed by atoms with van der Waals surface area (Å²) in [6.45, 7) is 8.02. The molecule has 2 N–H and O–H groups in total. The van der Waals surface area contributed by atoms with Crippen molar-refractivity contribution >= 4 is 44.1 Å². The fraction of sp³-hybridized carbons (Fsp3) is 0.258. The van der Waals surface area contributed by atoms with Crippen LogP contribution in [0, 0.1) is 13.8 Å². The molecule has 0 unspecified atom stereocenters. The van der Waals surface area contributed by atoms with Crippen LogP contribution in [0.1, 0.15) is 47.7 Å². The van der Waals surface area contributed by atoms with E-state index in [1.165, 1.54) is 22.3 Å². The van der Waals surface area contributed by atoms with Gasteiger partial charge in [0.05, 0.1) is 28.4 Å². The average molecular weight is 557 g/mol. The molecule has 2 aliphatic heterocycles. The molecule has 0 radical (unpaired) electrons. The molecule has 0 saturated carbocycles. The summed E-state index contributed by atoms with van der Waals surface area (Å²) in [5, 5.41) is 22.3. The number of nitrogens with zero attached hydrogens (tertiary/aromatic N) is 2. The number of anilines is 1. The molecule has 0 bridgehead atoms. The predicted octanol–water partition coefficient (Wildman–Crippen LogP) is 5.97. The number of ketones is 1. The van der Waals surface area contributed by atoms with Gasteiger partial charge >= 0.3 is 5.91 Å². The zero-order valence-corrected chi connectivity index (χ0v) is 23.3. The van der Waals surface area contributed by atoms with Crippen LogP contribution >= 0.6 is 11.3 Å². The Hall–Kier alpha value is -4.37. The van der Waals surface area contributed by atoms with Crippen LogP contribution in [-0.2, 0) is 16.0 Å². The van der Waals surface area contributed by atoms with Gasteiger partial charge in [0.1, 0.15) is 17.6 Å². The Balaban J connectivity index is 1.56. The van der Waals surface area contributed by atoms with Gasteiger partial charge in [-0.15, -0.1) is 0 Å². The number of phenolic OH excluding ortho intramolecular Hbond substituents is 1. The van der Waals surface area contributed by atoms with Gasteiger partial charge in [-0.2, -0.15) is 0 Å². The number of benzene rings is 3. The first-order chi connectivity index (χ1) is 19.2. The first-order valence-electron chi connectivity index (χ1n) is 13.1. The number of Topliss-reactive ketones (excluding diaryl/α,β-unsaturated/α-hetero) is 1. The largest absolute Gasteiger partial charge is 0.507 e. The number of carbonyl (C=O) groups is 2. The van der Waals surface area contributed by atoms with Crippen molar-refractivity contribution in [2.45, 2.75) is 46.3 Å². The highest BCUT2D eigenvalue weighted by molar-refractivity contribution is 7.22. The van der Waals surface area contributed by atoms with E-state index < -0.39 is 17.7 Å². The van der Waals surface area contributed by atoms with E-state index >= 15 is 0 Å². The normalized spacial score (nSPS) is 19.8. The summed E-state index contributed by atoms with van der Waals surface area (Å²) >= 11 is 1.31. The van der Waals surface area contributed by atoms with Crippen LogP contribution in [0.15, 0.2) is 54.1 Å². The van der Waals surface area contributed by atoms with Crippen LogP contribution in [0.5, 0.6) is 17.2 Å². The highest BCUT2D eigenvalue weighted by atomic mass is 32.1. The smallest absolute Gasteiger partial charge is 0.301 e. The second-order valence-electron chi connectivity index (χ2n) is 10.2. The Morgan fingerprint density at radius 3 is 2.73 bits per heavy atom. The van der Waals surface area contributed by atoms with Gasteiger partial charge in [0.15, 0.2) is 16.6 Å². The molecule has 1 aromatic heterocycles. The molecule has 40 heavy (non-hydrogen) atoms. The molecule has 9 heteroatoms. The number of amides is 1. The van der Waals surface area contributed by atoms with E-state index in [1.807, 2.05) is 32.9 Å². The van der Waals surface area contributed by atoms with Crippen molar-refractivity contribution in [1.82, 2.24) is 4.98 Å². The van der Waals surface area contributed by atoms with Gasteiger partial charge in [0.25, 0.3) is 5.78 Å². The van der Waals surface area contributed by atoms with E-state index in [0.717, 1.165) is 32.7 Å². The molecule has 1 saturated heterocycles. The highest BCUT2D eigenvalue weighted by Crippen LogP contribution is 2.46. The van der Waals surface area contributed by atoms with Crippen LogP contribution < -0.4 is 14.4 Å². The molecule has 6 rings (SSSR count). The summed E-state index contributed by atoms with van der Waals surface area (Å²) in [5.41, 5.74) is 4.54. The lowest BCUT2D eigenvalue weighted by Crippen LogP contribution is -2.29. The number of fused-ring (bicyclic) bond motifs is 2. The van der Waals surface area contributed by atoms with Crippen LogP contribution in [0.3, 0.4) is 0 Å². The summed E-state index contributed by atoms with van der Waals surface area (Å²) in [6.07, 6.45) is 0.687. The molecule has 0 aliphatic carbocycles. The first-order valence-corrected chi connectivity index (χ1v) is 13.9. The van der Waals surface area contributed by atoms with Crippen LogP contribution in [0.4, 0.5) is 5.13 Å². The Morgan fingerprint density at radius 1 is 1.15 bits per heavy atom. The molecule has 8 nitrogen and oxygen atoms in total. The molecule has 3 heterocycles. The molecular weight excluding hydrogens is 528 g/mol. The number of aromatic hydroxyl groups is 1. The number of carbonyl (C=O) groups excluding carboxylic acids is 2. The number of phenols is 1. The van der Waals surface area contributed by atoms with Gasteiger partial charge in [-0.05, 0) is 86.3 Å². The van der Waals surface area contributed by atoms with E-state index in [-0.39, 0.29) is 28.9 Å². The molecule has 1 amide bonds. The van der Waals surface area contributed by atoms with Crippen molar-refractivity contribution in [1.29, 1.82) is 0 Å². The van der Waals surface area contributed by atoms with Crippen molar-refractivity contribution in [2.75, 3.05) is 11.5 Å². The SMILES string of the molecule is CCOc1cc([C@@H]2C(=C(O)c3ccc4c(c3)C[C@H](C)O4)C(=O)C(=O)N2c2nc3c(C)cc(C)cc3s2)ccc1O. The van der Waals surface area contributed by atoms with Crippen LogP contribution in [-0.4, -0.2) is 39.6 Å². The quantitative estimate of drug-likeness (QED) is 0.177. The molecule has 0 spiro atoms. The fourth-order valence-electron chi connectivity index (χ4n) is 5.50. The number of hydrogen-bond donors (Lipinski definition) is 2. The Kier molecular flexibility index (Phi) is 6.26. The van der Waals surface area contributed by atoms with Gasteiger partial charge in [-0.25, -0.2) is 4.98 Å². The highest BCUT2D eigenvalue weighted by Gasteiger charge is 2.48. The number of ether oxygens (including phenoxy) is 2. The molecule has 204 valence electrons. The Bertz CT molecular complexity index is 1740. The van der Waals surface area contributed by atoms with Gasteiger partial charge in [-0.1, -0.05) is 23.5 Å². The summed E-state index contributed by atoms with van der Waals surface area (Å²) in [6, 6.07) is 12.9. The van der Waals surface area contributed by atoms with Gasteiger partial charge in [0, 0.05) is 12.0 Å². The summed E-state index contributed by atoms with van der Waals surface area (Å²) in [7, 11) is 0. The van der Waals surface area contributed by atoms with E-state index in [4.69, 9.17) is 14.5 Å². The monoisotopic (exact) mass is 556 g/mol. The van der Waals surface area contributed by atoms with Crippen molar-refractivity contribution in [3.63, 3.8) is 0 Å². The predicted molar refractivity (Wildman–Crippen MR) is 153 cm³/mol. The number of hydrogen-bond acceptors (Lipinski definition) is 8. The van der Waals surface area contributed by atoms with E-state index in [1.54, 1.807) is 37.3 Å². The standard InChI is InChI=1S/C31H28N2O6S/c1-5-38-23-14-18(6-8-21(23)34)27-25(28(35)19-7-9-22-20(13-19)12-17(4)39-22)29(36)30(37)33(27)31-32-26-16(3)10-15(2)11-24(26)40-31/h6-11,13-14,17,27,34-35H,5,12H2,1-4H3/t17-,27+/m0/s1. The minimum absolute atomic E-state index is 0.0121. The third-order valence-corrected chi connectivity index (χ3v) is 8.24. The zero-order chi connectivity index (χ0) is 28.3. The lowest BCUT2D eigenvalue weighted by atomic mass is 9.94. The summed E-state index contributed by atoms with van der Waals surface area (Å²) < 4.78 is 12.3. The second kappa shape index (κ2) is 9.67. The number of aryl methyl sites for hydroxylation is 2. The number of aliphatic hydroxyl groups is 1. The molecule has 3 aromatic carbocycles. The summed E-state index contributed by atoms with van der Waals surface area (Å²) in [5.74, 6) is -1.00. The average Bonchev–Trinajstić information content (AvgIpc) is 3.57. The second-order valence-corrected chi connectivity index (χ2v) is 11.2. The lowest BCUT2D eigenvalue weighted by molar-refractivity contribution is -0.132. The van der Waals surface area contributed by atoms with Crippen molar-refractivity contribution in [3.05, 3.63) is 81.9 Å². The van der Waals surface area contributed by atoms with E-state index in [2.05, 4.69) is 0 Å².